The van der Waals surface area contributed by atoms with Gasteiger partial charge in [0.2, 0.25) is 0 Å². The van der Waals surface area contributed by atoms with Crippen LogP contribution in [0, 0.1) is 10.1 Å². The molecule has 0 bridgehead atoms. The number of hydrogen-bond donors (Lipinski definition) is 1. The molecule has 0 saturated carbocycles. The Bertz CT molecular complexity index is 932. The molecular formula is C19H23N3O6S. The van der Waals surface area contributed by atoms with E-state index in [2.05, 4.69) is 0 Å². The quantitative estimate of drug-likeness (QED) is 0.507. The number of hydrogen-bond acceptors (Lipinski definition) is 7. The third-order valence-corrected chi connectivity index (χ3v) is 6.42. The Labute approximate surface area is 169 Å². The van der Waals surface area contributed by atoms with Gasteiger partial charge in [-0.2, -0.15) is 0 Å². The number of para-hydroxylation sites is 2. The second-order valence-electron chi connectivity index (χ2n) is 6.66. The van der Waals surface area contributed by atoms with Crippen LogP contribution < -0.4 is 4.31 Å². The van der Waals surface area contributed by atoms with Crippen molar-refractivity contribution in [2.24, 2.45) is 0 Å². The molecule has 0 aromatic heterocycles. The number of nitrogens with zero attached hydrogens (tertiary/aromatic N) is 3. The van der Waals surface area contributed by atoms with Crippen LogP contribution in [0.4, 0.5) is 11.4 Å². The monoisotopic (exact) mass is 421 g/mol. The molecule has 3 rings (SSSR count). The van der Waals surface area contributed by atoms with Gasteiger partial charge in [0.1, 0.15) is 5.69 Å². The maximum Gasteiger partial charge on any atom is 0.293 e. The molecule has 10 heteroatoms. The first-order valence-corrected chi connectivity index (χ1v) is 10.6. The zero-order chi connectivity index (χ0) is 20.9. The van der Waals surface area contributed by atoms with Gasteiger partial charge in [0.15, 0.2) is 0 Å². The molecule has 0 unspecified atom stereocenters. The maximum absolute atomic E-state index is 13.3. The fraction of sp³-hybridized carbons (Fsp3) is 0.368. The average Bonchev–Trinajstić information content (AvgIpc) is 2.73. The Morgan fingerprint density at radius 2 is 1.72 bits per heavy atom. The number of aliphatic hydroxyl groups is 1. The van der Waals surface area contributed by atoms with E-state index in [0.29, 0.717) is 26.3 Å². The van der Waals surface area contributed by atoms with Gasteiger partial charge in [0, 0.05) is 25.7 Å². The molecule has 0 aliphatic carbocycles. The molecule has 2 aromatic rings. The number of benzene rings is 2. The second kappa shape index (κ2) is 9.31. The van der Waals surface area contributed by atoms with Crippen LogP contribution in [-0.4, -0.2) is 68.8 Å². The van der Waals surface area contributed by atoms with Gasteiger partial charge in [-0.3, -0.25) is 19.3 Å². The highest BCUT2D eigenvalue weighted by atomic mass is 32.2. The Hall–Kier alpha value is -2.53. The summed E-state index contributed by atoms with van der Waals surface area (Å²) in [6, 6.07) is 13.3. The number of nitro benzene ring substituents is 1. The first kappa shape index (κ1) is 21.2. The molecule has 156 valence electrons. The Morgan fingerprint density at radius 1 is 1.10 bits per heavy atom. The number of aliphatic hydroxyl groups excluding tert-OH is 1. The molecule has 9 nitrogen and oxygen atoms in total. The molecule has 29 heavy (non-hydrogen) atoms. The van der Waals surface area contributed by atoms with Crippen LogP contribution in [0.3, 0.4) is 0 Å². The van der Waals surface area contributed by atoms with E-state index in [-0.39, 0.29) is 29.4 Å². The molecule has 1 saturated heterocycles. The Kier molecular flexibility index (Phi) is 6.80. The number of nitro groups is 1. The van der Waals surface area contributed by atoms with Crippen LogP contribution in [-0.2, 0) is 14.8 Å². The molecule has 0 radical (unpaired) electrons. The third-order valence-electron chi connectivity index (χ3n) is 4.63. The third kappa shape index (κ3) is 5.10. The second-order valence-corrected chi connectivity index (χ2v) is 8.52. The van der Waals surface area contributed by atoms with Crippen molar-refractivity contribution in [1.29, 1.82) is 0 Å². The topological polar surface area (TPSA) is 113 Å². The van der Waals surface area contributed by atoms with Crippen LogP contribution in [0.5, 0.6) is 0 Å². The highest BCUT2D eigenvalue weighted by Crippen LogP contribution is 2.32. The minimum atomic E-state index is -4.12. The Balaban J connectivity index is 1.95. The standard InChI is InChI=1S/C19H23N3O6S/c23-16(14-20-10-12-28-13-11-20)15-21(18-8-4-5-9-19(18)22(24)25)29(26,27)17-6-2-1-3-7-17/h1-9,16,23H,10-15H2/t16-/m1/s1. The smallest absolute Gasteiger partial charge is 0.293 e. The van der Waals surface area contributed by atoms with Gasteiger partial charge >= 0.3 is 0 Å². The van der Waals surface area contributed by atoms with Gasteiger partial charge in [-0.25, -0.2) is 8.42 Å². The molecule has 1 N–H and O–H groups in total. The van der Waals surface area contributed by atoms with Gasteiger partial charge < -0.3 is 9.84 Å². The van der Waals surface area contributed by atoms with Crippen molar-refractivity contribution in [1.82, 2.24) is 4.90 Å². The first-order valence-electron chi connectivity index (χ1n) is 9.19. The molecule has 2 aromatic carbocycles. The van der Waals surface area contributed by atoms with Gasteiger partial charge in [-0.1, -0.05) is 30.3 Å². The van der Waals surface area contributed by atoms with E-state index >= 15 is 0 Å². The largest absolute Gasteiger partial charge is 0.390 e. The van der Waals surface area contributed by atoms with E-state index in [4.69, 9.17) is 4.74 Å². The number of sulfonamides is 1. The van der Waals surface area contributed by atoms with Crippen LogP contribution >= 0.6 is 0 Å². The van der Waals surface area contributed by atoms with Crippen LogP contribution in [0.2, 0.25) is 0 Å². The molecule has 1 atom stereocenters. The van der Waals surface area contributed by atoms with Crippen LogP contribution in [0.15, 0.2) is 59.5 Å². The average molecular weight is 421 g/mol. The van der Waals surface area contributed by atoms with Crippen molar-refractivity contribution in [3.8, 4) is 0 Å². The maximum atomic E-state index is 13.3. The van der Waals surface area contributed by atoms with Gasteiger partial charge in [0.05, 0.1) is 35.7 Å². The zero-order valence-electron chi connectivity index (χ0n) is 15.8. The highest BCUT2D eigenvalue weighted by Gasteiger charge is 2.32. The highest BCUT2D eigenvalue weighted by molar-refractivity contribution is 7.92. The molecular weight excluding hydrogens is 398 g/mol. The zero-order valence-corrected chi connectivity index (χ0v) is 16.6. The summed E-state index contributed by atoms with van der Waals surface area (Å²) in [5.74, 6) is 0. The normalized spacial score (nSPS) is 16.3. The van der Waals surface area contributed by atoms with Crippen molar-refractivity contribution < 1.29 is 23.2 Å². The number of morpholine rings is 1. The van der Waals surface area contributed by atoms with E-state index in [1.54, 1.807) is 18.2 Å². The fourth-order valence-corrected chi connectivity index (χ4v) is 4.74. The minimum Gasteiger partial charge on any atom is -0.390 e. The number of rotatable bonds is 8. The summed E-state index contributed by atoms with van der Waals surface area (Å²) in [6.45, 7) is 2.29. The lowest BCUT2D eigenvalue weighted by Gasteiger charge is -2.31. The predicted octanol–water partition coefficient (Wildman–Crippen LogP) is 1.48. The summed E-state index contributed by atoms with van der Waals surface area (Å²) in [7, 11) is -4.12. The number of anilines is 1. The lowest BCUT2D eigenvalue weighted by atomic mass is 10.2. The molecule has 1 aliphatic heterocycles. The molecule has 1 aliphatic rings. The lowest BCUT2D eigenvalue weighted by Crippen LogP contribution is -2.46. The lowest BCUT2D eigenvalue weighted by molar-refractivity contribution is -0.384. The van der Waals surface area contributed by atoms with Crippen molar-refractivity contribution >= 4 is 21.4 Å². The number of β-amino-alcohol motifs (C(OH)–C–C–N with tert-alkyl or cyclic N) is 1. The van der Waals surface area contributed by atoms with Gasteiger partial charge in [0.25, 0.3) is 15.7 Å². The summed E-state index contributed by atoms with van der Waals surface area (Å²) in [6.07, 6.45) is -1.04. The van der Waals surface area contributed by atoms with E-state index in [0.717, 1.165) is 4.31 Å². The minimum absolute atomic E-state index is 0.00303. The van der Waals surface area contributed by atoms with E-state index in [9.17, 15) is 23.6 Å². The summed E-state index contributed by atoms with van der Waals surface area (Å²) >= 11 is 0. The van der Waals surface area contributed by atoms with E-state index in [1.165, 1.54) is 36.4 Å². The van der Waals surface area contributed by atoms with Crippen molar-refractivity contribution in [2.75, 3.05) is 43.7 Å². The summed E-state index contributed by atoms with van der Waals surface area (Å²) < 4.78 is 32.8. The molecule has 0 amide bonds. The fourth-order valence-electron chi connectivity index (χ4n) is 3.21. The van der Waals surface area contributed by atoms with Crippen molar-refractivity contribution in [2.45, 2.75) is 11.0 Å². The SMILES string of the molecule is O=[N+]([O-])c1ccccc1N(C[C@H](O)CN1CCOCC1)S(=O)(=O)c1ccccc1. The van der Waals surface area contributed by atoms with E-state index < -0.39 is 21.1 Å². The van der Waals surface area contributed by atoms with Gasteiger partial charge in [-0.15, -0.1) is 0 Å². The van der Waals surface area contributed by atoms with Crippen LogP contribution in [0.25, 0.3) is 0 Å². The number of ether oxygens (including phenoxy) is 1. The summed E-state index contributed by atoms with van der Waals surface area (Å²) in [5, 5.41) is 22.1. The van der Waals surface area contributed by atoms with Crippen molar-refractivity contribution in [3.05, 3.63) is 64.7 Å². The predicted molar refractivity (Wildman–Crippen MR) is 107 cm³/mol. The summed E-state index contributed by atoms with van der Waals surface area (Å²) in [4.78, 5) is 12.8. The molecule has 0 spiro atoms. The van der Waals surface area contributed by atoms with Crippen molar-refractivity contribution in [3.63, 3.8) is 0 Å². The van der Waals surface area contributed by atoms with Gasteiger partial charge in [-0.05, 0) is 18.2 Å². The molecule has 1 fully saturated rings. The van der Waals surface area contributed by atoms with E-state index in [1.807, 2.05) is 4.90 Å². The Morgan fingerprint density at radius 3 is 2.38 bits per heavy atom. The first-order chi connectivity index (χ1) is 13.9. The molecule has 1 heterocycles. The van der Waals surface area contributed by atoms with Crippen LogP contribution in [0.1, 0.15) is 0 Å². The summed E-state index contributed by atoms with van der Waals surface area (Å²) in [5.41, 5.74) is -0.423.